The van der Waals surface area contributed by atoms with E-state index in [4.69, 9.17) is 4.74 Å². The highest BCUT2D eigenvalue weighted by Gasteiger charge is 2.17. The molecule has 2 nitrogen and oxygen atoms in total. The maximum atomic E-state index is 5.68. The first-order valence-electron chi connectivity index (χ1n) is 7.65. The van der Waals surface area contributed by atoms with Crippen molar-refractivity contribution in [1.29, 1.82) is 0 Å². The third kappa shape index (κ3) is 4.96. The highest BCUT2D eigenvalue weighted by Crippen LogP contribution is 2.21. The molecule has 0 amide bonds. The Hall–Kier alpha value is -0.860. The minimum absolute atomic E-state index is 0.475. The Morgan fingerprint density at radius 2 is 2.05 bits per heavy atom. The second-order valence-corrected chi connectivity index (χ2v) is 5.97. The zero-order valence-corrected chi connectivity index (χ0v) is 12.3. The molecule has 1 aromatic carbocycles. The van der Waals surface area contributed by atoms with Crippen LogP contribution in [0.15, 0.2) is 30.3 Å². The molecule has 106 valence electrons. The van der Waals surface area contributed by atoms with Gasteiger partial charge in [-0.3, -0.25) is 0 Å². The summed E-state index contributed by atoms with van der Waals surface area (Å²) < 4.78 is 5.68. The minimum Gasteiger partial charge on any atom is -0.378 e. The molecule has 1 aliphatic heterocycles. The fourth-order valence-corrected chi connectivity index (χ4v) is 2.78. The van der Waals surface area contributed by atoms with E-state index in [2.05, 4.69) is 49.5 Å². The number of nitrogens with one attached hydrogen (secondary N) is 1. The van der Waals surface area contributed by atoms with Crippen molar-refractivity contribution in [3.8, 4) is 0 Å². The van der Waals surface area contributed by atoms with Crippen molar-refractivity contribution in [2.75, 3.05) is 13.2 Å². The van der Waals surface area contributed by atoms with Gasteiger partial charge in [-0.1, -0.05) is 44.2 Å². The lowest BCUT2D eigenvalue weighted by Crippen LogP contribution is -2.26. The highest BCUT2D eigenvalue weighted by atomic mass is 16.5. The fourth-order valence-electron chi connectivity index (χ4n) is 2.78. The van der Waals surface area contributed by atoms with Crippen LogP contribution < -0.4 is 5.32 Å². The van der Waals surface area contributed by atoms with E-state index >= 15 is 0 Å². The molecule has 0 spiro atoms. The van der Waals surface area contributed by atoms with Crippen LogP contribution in [-0.2, 0) is 4.74 Å². The van der Waals surface area contributed by atoms with Crippen LogP contribution in [0.4, 0.5) is 0 Å². The van der Waals surface area contributed by atoms with Crippen molar-refractivity contribution < 1.29 is 4.74 Å². The Bertz CT molecular complexity index is 344. The minimum atomic E-state index is 0.475. The first-order valence-corrected chi connectivity index (χ1v) is 7.65. The second kappa shape index (κ2) is 7.66. The predicted octanol–water partition coefficient (Wildman–Crippen LogP) is 3.93. The van der Waals surface area contributed by atoms with Crippen molar-refractivity contribution in [3.63, 3.8) is 0 Å². The molecule has 0 aliphatic carbocycles. The zero-order valence-electron chi connectivity index (χ0n) is 12.3. The Morgan fingerprint density at radius 1 is 1.26 bits per heavy atom. The molecule has 2 rings (SSSR count). The molecule has 0 unspecified atom stereocenters. The van der Waals surface area contributed by atoms with Gasteiger partial charge in [-0.05, 0) is 43.7 Å². The van der Waals surface area contributed by atoms with Crippen LogP contribution in [0, 0.1) is 5.92 Å². The van der Waals surface area contributed by atoms with Gasteiger partial charge in [0.1, 0.15) is 0 Å². The molecule has 1 fully saturated rings. The van der Waals surface area contributed by atoms with E-state index in [0.717, 1.165) is 19.6 Å². The number of rotatable bonds is 7. The molecule has 2 atom stereocenters. The molecule has 0 bridgehead atoms. The average molecular weight is 261 g/mol. The third-order valence-electron chi connectivity index (χ3n) is 3.79. The van der Waals surface area contributed by atoms with E-state index in [9.17, 15) is 0 Å². The average Bonchev–Trinajstić information content (AvgIpc) is 2.91. The number of ether oxygens (including phenoxy) is 1. The Labute approximate surface area is 117 Å². The van der Waals surface area contributed by atoms with Gasteiger partial charge >= 0.3 is 0 Å². The van der Waals surface area contributed by atoms with E-state index in [1.807, 2.05) is 0 Å². The van der Waals surface area contributed by atoms with Gasteiger partial charge in [-0.25, -0.2) is 0 Å². The van der Waals surface area contributed by atoms with E-state index in [-0.39, 0.29) is 0 Å². The van der Waals surface area contributed by atoms with Crippen molar-refractivity contribution in [2.24, 2.45) is 5.92 Å². The van der Waals surface area contributed by atoms with E-state index in [0.29, 0.717) is 18.1 Å². The quantitative estimate of drug-likeness (QED) is 0.803. The second-order valence-electron chi connectivity index (χ2n) is 5.97. The van der Waals surface area contributed by atoms with Gasteiger partial charge in [-0.2, -0.15) is 0 Å². The largest absolute Gasteiger partial charge is 0.378 e. The van der Waals surface area contributed by atoms with Crippen LogP contribution in [0.1, 0.15) is 51.1 Å². The number of benzene rings is 1. The summed E-state index contributed by atoms with van der Waals surface area (Å²) in [5.41, 5.74) is 1.41. The molecule has 1 saturated heterocycles. The standard InChI is InChI=1S/C17H27NO/c1-14(2)13-17(15-7-4-3-5-8-15)18-11-10-16-9-6-12-19-16/h3-5,7-8,14,16-18H,6,9-13H2,1-2H3/t16-,17-/m0/s1. The summed E-state index contributed by atoms with van der Waals surface area (Å²) in [5.74, 6) is 0.709. The molecule has 0 radical (unpaired) electrons. The summed E-state index contributed by atoms with van der Waals surface area (Å²) in [4.78, 5) is 0. The Balaban J connectivity index is 1.83. The van der Waals surface area contributed by atoms with E-state index < -0.39 is 0 Å². The van der Waals surface area contributed by atoms with Crippen LogP contribution in [0.25, 0.3) is 0 Å². The summed E-state index contributed by atoms with van der Waals surface area (Å²) in [6.07, 6.45) is 5.29. The molecule has 1 N–H and O–H groups in total. The molecular weight excluding hydrogens is 234 g/mol. The molecule has 0 aromatic heterocycles. The lowest BCUT2D eigenvalue weighted by molar-refractivity contribution is 0.103. The van der Waals surface area contributed by atoms with Crippen LogP contribution in [0.2, 0.25) is 0 Å². The maximum absolute atomic E-state index is 5.68. The fraction of sp³-hybridized carbons (Fsp3) is 0.647. The molecular formula is C17H27NO. The molecule has 0 saturated carbocycles. The topological polar surface area (TPSA) is 21.3 Å². The van der Waals surface area contributed by atoms with Crippen LogP contribution >= 0.6 is 0 Å². The van der Waals surface area contributed by atoms with Crippen LogP contribution in [0.3, 0.4) is 0 Å². The molecule has 19 heavy (non-hydrogen) atoms. The number of hydrogen-bond donors (Lipinski definition) is 1. The van der Waals surface area contributed by atoms with Gasteiger partial charge in [0.25, 0.3) is 0 Å². The van der Waals surface area contributed by atoms with Crippen molar-refractivity contribution in [1.82, 2.24) is 5.32 Å². The summed E-state index contributed by atoms with van der Waals surface area (Å²) in [5, 5.41) is 3.71. The first-order chi connectivity index (χ1) is 9.25. The predicted molar refractivity (Wildman–Crippen MR) is 80.2 cm³/mol. The monoisotopic (exact) mass is 261 g/mol. The maximum Gasteiger partial charge on any atom is 0.0588 e. The lowest BCUT2D eigenvalue weighted by Gasteiger charge is -2.22. The van der Waals surface area contributed by atoms with E-state index in [1.54, 1.807) is 0 Å². The van der Waals surface area contributed by atoms with Crippen LogP contribution in [0.5, 0.6) is 0 Å². The van der Waals surface area contributed by atoms with Gasteiger partial charge < -0.3 is 10.1 Å². The smallest absolute Gasteiger partial charge is 0.0588 e. The molecule has 1 aromatic rings. The van der Waals surface area contributed by atoms with Gasteiger partial charge in [0.2, 0.25) is 0 Å². The SMILES string of the molecule is CC(C)C[C@H](NCC[C@@H]1CCCO1)c1ccccc1. The van der Waals surface area contributed by atoms with Crippen molar-refractivity contribution in [2.45, 2.75) is 51.7 Å². The third-order valence-corrected chi connectivity index (χ3v) is 3.79. The zero-order chi connectivity index (χ0) is 13.5. The summed E-state index contributed by atoms with van der Waals surface area (Å²) in [6.45, 7) is 6.59. The molecule has 1 aliphatic rings. The van der Waals surface area contributed by atoms with Gasteiger partial charge in [-0.15, -0.1) is 0 Å². The summed E-state index contributed by atoms with van der Waals surface area (Å²) in [7, 11) is 0. The first kappa shape index (κ1) is 14.5. The lowest BCUT2D eigenvalue weighted by atomic mass is 9.97. The van der Waals surface area contributed by atoms with Gasteiger partial charge in [0.05, 0.1) is 6.10 Å². The van der Waals surface area contributed by atoms with Crippen molar-refractivity contribution >= 4 is 0 Å². The molecule has 2 heteroatoms. The normalized spacial score (nSPS) is 20.9. The summed E-state index contributed by atoms with van der Waals surface area (Å²) >= 11 is 0. The highest BCUT2D eigenvalue weighted by molar-refractivity contribution is 5.18. The Morgan fingerprint density at radius 3 is 2.68 bits per heavy atom. The summed E-state index contributed by atoms with van der Waals surface area (Å²) in [6, 6.07) is 11.3. The number of hydrogen-bond acceptors (Lipinski definition) is 2. The van der Waals surface area contributed by atoms with Crippen molar-refractivity contribution in [3.05, 3.63) is 35.9 Å². The van der Waals surface area contributed by atoms with Crippen LogP contribution in [-0.4, -0.2) is 19.3 Å². The van der Waals surface area contributed by atoms with Gasteiger partial charge in [0, 0.05) is 12.6 Å². The molecule has 1 heterocycles. The van der Waals surface area contributed by atoms with E-state index in [1.165, 1.54) is 24.8 Å². The van der Waals surface area contributed by atoms with Gasteiger partial charge in [0.15, 0.2) is 0 Å². The Kier molecular flexibility index (Phi) is 5.87.